The van der Waals surface area contributed by atoms with Gasteiger partial charge in [0.25, 0.3) is 0 Å². The van der Waals surface area contributed by atoms with Gasteiger partial charge in [0.05, 0.1) is 30.1 Å². The van der Waals surface area contributed by atoms with E-state index < -0.39 is 17.8 Å². The Labute approximate surface area is 195 Å². The number of hydrogen-bond acceptors (Lipinski definition) is 4. The number of ketones is 1. The zero-order valence-electron chi connectivity index (χ0n) is 18.4. The number of carbonyl (C=O) groups is 1. The van der Waals surface area contributed by atoms with Crippen molar-refractivity contribution in [1.29, 1.82) is 0 Å². The summed E-state index contributed by atoms with van der Waals surface area (Å²) in [5.74, 6) is 0.660. The average Bonchev–Trinajstić information content (AvgIpc) is 3.00. The standard InChI is InChI=1S/C27H23F3N2O2/c1-34-20-6-4-5-17(13-20)18-14-23-25(24(33)15-18)26(32-22-8-3-2-7-21(22)31-23)16-9-11-19(12-10-16)27(28,29)30/h2-13,18,26,31-32H,14-15H2,1H3. The highest BCUT2D eigenvalue weighted by Crippen LogP contribution is 2.44. The van der Waals surface area contributed by atoms with E-state index in [-0.39, 0.29) is 11.7 Å². The van der Waals surface area contributed by atoms with Gasteiger partial charge >= 0.3 is 6.18 Å². The van der Waals surface area contributed by atoms with E-state index in [9.17, 15) is 18.0 Å². The summed E-state index contributed by atoms with van der Waals surface area (Å²) in [4.78, 5) is 13.5. The number of Topliss-reactive ketones (excluding diaryl/α,β-unsaturated/α-hetero) is 1. The number of carbonyl (C=O) groups excluding carboxylic acids is 1. The predicted molar refractivity (Wildman–Crippen MR) is 125 cm³/mol. The Bertz CT molecular complexity index is 1270. The number of alkyl halides is 3. The first-order chi connectivity index (χ1) is 16.3. The first kappa shape index (κ1) is 22.1. The van der Waals surface area contributed by atoms with E-state index in [4.69, 9.17) is 4.74 Å². The molecule has 0 amide bonds. The topological polar surface area (TPSA) is 50.4 Å². The second-order valence-electron chi connectivity index (χ2n) is 8.56. The molecule has 2 atom stereocenters. The maximum atomic E-state index is 13.5. The highest BCUT2D eigenvalue weighted by molar-refractivity contribution is 6.01. The van der Waals surface area contributed by atoms with Gasteiger partial charge in [0, 0.05) is 17.7 Å². The summed E-state index contributed by atoms with van der Waals surface area (Å²) in [6.45, 7) is 0. The summed E-state index contributed by atoms with van der Waals surface area (Å²) in [6.07, 6.45) is -3.51. The molecule has 0 saturated heterocycles. The molecule has 0 saturated carbocycles. The molecule has 5 rings (SSSR count). The number of methoxy groups -OCH3 is 1. The number of allylic oxidation sites excluding steroid dienone is 1. The van der Waals surface area contributed by atoms with Crippen LogP contribution >= 0.6 is 0 Å². The quantitative estimate of drug-likeness (QED) is 0.453. The molecule has 174 valence electrons. The van der Waals surface area contributed by atoms with Crippen molar-refractivity contribution in [2.75, 3.05) is 17.7 Å². The van der Waals surface area contributed by atoms with Gasteiger partial charge in [-0.1, -0.05) is 36.4 Å². The van der Waals surface area contributed by atoms with Crippen LogP contribution < -0.4 is 15.4 Å². The minimum absolute atomic E-state index is 0.0348. The molecule has 3 aromatic carbocycles. The molecule has 0 bridgehead atoms. The zero-order chi connectivity index (χ0) is 23.9. The van der Waals surface area contributed by atoms with E-state index in [0.29, 0.717) is 24.0 Å². The van der Waals surface area contributed by atoms with E-state index in [1.165, 1.54) is 12.1 Å². The lowest BCUT2D eigenvalue weighted by molar-refractivity contribution is -0.137. The van der Waals surface area contributed by atoms with Crippen LogP contribution in [0.4, 0.5) is 24.5 Å². The second kappa shape index (κ2) is 8.56. The number of fused-ring (bicyclic) bond motifs is 1. The fourth-order valence-electron chi connectivity index (χ4n) is 4.74. The predicted octanol–water partition coefficient (Wildman–Crippen LogP) is 6.69. The molecule has 2 N–H and O–H groups in total. The van der Waals surface area contributed by atoms with Gasteiger partial charge in [-0.25, -0.2) is 0 Å². The van der Waals surface area contributed by atoms with Gasteiger partial charge < -0.3 is 15.4 Å². The Kier molecular flexibility index (Phi) is 5.55. The second-order valence-corrected chi connectivity index (χ2v) is 8.56. The number of benzene rings is 3. The molecule has 34 heavy (non-hydrogen) atoms. The van der Waals surface area contributed by atoms with Gasteiger partial charge in [-0.15, -0.1) is 0 Å². The first-order valence-corrected chi connectivity index (χ1v) is 11.0. The van der Waals surface area contributed by atoms with Crippen molar-refractivity contribution in [1.82, 2.24) is 0 Å². The molecular weight excluding hydrogens is 441 g/mol. The van der Waals surface area contributed by atoms with E-state index in [1.807, 2.05) is 48.5 Å². The average molecular weight is 464 g/mol. The molecule has 7 heteroatoms. The van der Waals surface area contributed by atoms with Gasteiger partial charge in [0.15, 0.2) is 5.78 Å². The van der Waals surface area contributed by atoms with Crippen molar-refractivity contribution >= 4 is 17.2 Å². The van der Waals surface area contributed by atoms with Gasteiger partial charge in [-0.3, -0.25) is 4.79 Å². The highest BCUT2D eigenvalue weighted by atomic mass is 19.4. The number of para-hydroxylation sites is 2. The summed E-state index contributed by atoms with van der Waals surface area (Å²) in [5, 5.41) is 6.83. The van der Waals surface area contributed by atoms with Crippen LogP contribution in [-0.2, 0) is 11.0 Å². The van der Waals surface area contributed by atoms with Gasteiger partial charge in [-0.2, -0.15) is 13.2 Å². The van der Waals surface area contributed by atoms with Gasteiger partial charge in [0.1, 0.15) is 5.75 Å². The molecule has 0 fully saturated rings. The molecule has 1 heterocycles. The molecule has 2 aliphatic rings. The Morgan fingerprint density at radius 3 is 2.32 bits per heavy atom. The fraction of sp³-hybridized carbons (Fsp3) is 0.222. The van der Waals surface area contributed by atoms with Crippen LogP contribution in [0.15, 0.2) is 84.1 Å². The number of nitrogens with one attached hydrogen (secondary N) is 2. The Hall–Kier alpha value is -3.74. The lowest BCUT2D eigenvalue weighted by atomic mass is 9.78. The van der Waals surface area contributed by atoms with Crippen LogP contribution in [0.2, 0.25) is 0 Å². The smallest absolute Gasteiger partial charge is 0.416 e. The van der Waals surface area contributed by atoms with Gasteiger partial charge in [0.2, 0.25) is 0 Å². The van der Waals surface area contributed by atoms with Crippen molar-refractivity contribution in [3.8, 4) is 5.75 Å². The van der Waals surface area contributed by atoms with Crippen LogP contribution in [-0.4, -0.2) is 12.9 Å². The Morgan fingerprint density at radius 1 is 0.882 bits per heavy atom. The van der Waals surface area contributed by atoms with Crippen LogP contribution in [0.25, 0.3) is 0 Å². The van der Waals surface area contributed by atoms with Crippen LogP contribution in [0.1, 0.15) is 41.5 Å². The van der Waals surface area contributed by atoms with E-state index in [0.717, 1.165) is 40.5 Å². The van der Waals surface area contributed by atoms with Gasteiger partial charge in [-0.05, 0) is 59.9 Å². The number of hydrogen-bond donors (Lipinski definition) is 2. The highest BCUT2D eigenvalue weighted by Gasteiger charge is 2.37. The number of ether oxygens (including phenoxy) is 1. The van der Waals surface area contributed by atoms with Crippen molar-refractivity contribution in [2.24, 2.45) is 0 Å². The van der Waals surface area contributed by atoms with E-state index in [2.05, 4.69) is 10.6 Å². The molecule has 4 nitrogen and oxygen atoms in total. The minimum Gasteiger partial charge on any atom is -0.497 e. The third-order valence-corrected chi connectivity index (χ3v) is 6.45. The molecule has 0 radical (unpaired) electrons. The van der Waals surface area contributed by atoms with Crippen molar-refractivity contribution < 1.29 is 22.7 Å². The molecule has 3 aromatic rings. The third kappa shape index (κ3) is 4.14. The Morgan fingerprint density at radius 2 is 1.62 bits per heavy atom. The van der Waals surface area contributed by atoms with Crippen LogP contribution in [0, 0.1) is 0 Å². The molecule has 0 aromatic heterocycles. The summed E-state index contributed by atoms with van der Waals surface area (Å²) in [7, 11) is 1.61. The minimum atomic E-state index is -4.42. The molecule has 2 unspecified atom stereocenters. The fourth-order valence-corrected chi connectivity index (χ4v) is 4.74. The number of anilines is 2. The molecular formula is C27H23F3N2O2. The van der Waals surface area contributed by atoms with E-state index in [1.54, 1.807) is 7.11 Å². The lowest BCUT2D eigenvalue weighted by Gasteiger charge is -2.30. The molecule has 0 spiro atoms. The monoisotopic (exact) mass is 464 g/mol. The molecule has 1 aliphatic carbocycles. The maximum Gasteiger partial charge on any atom is 0.416 e. The lowest BCUT2D eigenvalue weighted by Crippen LogP contribution is -2.27. The summed E-state index contributed by atoms with van der Waals surface area (Å²) in [6, 6.07) is 19.7. The normalized spacial score (nSPS) is 19.9. The van der Waals surface area contributed by atoms with Crippen molar-refractivity contribution in [2.45, 2.75) is 31.0 Å². The van der Waals surface area contributed by atoms with Crippen LogP contribution in [0.3, 0.4) is 0 Å². The number of halogens is 3. The largest absolute Gasteiger partial charge is 0.497 e. The summed E-state index contributed by atoms with van der Waals surface area (Å²) in [5.41, 5.74) is 3.85. The number of rotatable bonds is 3. The SMILES string of the molecule is COc1cccc(C2CC(=O)C3=C(C2)Nc2ccccc2NC3c2ccc(C(F)(F)F)cc2)c1. The molecule has 1 aliphatic heterocycles. The van der Waals surface area contributed by atoms with Crippen LogP contribution in [0.5, 0.6) is 5.75 Å². The third-order valence-electron chi connectivity index (χ3n) is 6.45. The maximum absolute atomic E-state index is 13.5. The van der Waals surface area contributed by atoms with Crippen molar-refractivity contribution in [3.63, 3.8) is 0 Å². The van der Waals surface area contributed by atoms with E-state index >= 15 is 0 Å². The Balaban J connectivity index is 1.57. The summed E-state index contributed by atoms with van der Waals surface area (Å²) < 4.78 is 44.7. The first-order valence-electron chi connectivity index (χ1n) is 11.0. The zero-order valence-corrected chi connectivity index (χ0v) is 18.4. The summed E-state index contributed by atoms with van der Waals surface area (Å²) >= 11 is 0. The van der Waals surface area contributed by atoms with Crippen molar-refractivity contribution in [3.05, 3.63) is 101 Å².